The van der Waals surface area contributed by atoms with E-state index in [9.17, 15) is 4.79 Å². The number of piperidine rings is 1. The molecule has 0 amide bonds. The monoisotopic (exact) mass is 230 g/mol. The Morgan fingerprint density at radius 2 is 2.18 bits per heavy atom. The first-order chi connectivity index (χ1) is 8.34. The van der Waals surface area contributed by atoms with Crippen LogP contribution < -0.4 is 10.9 Å². The highest BCUT2D eigenvalue weighted by Crippen LogP contribution is 2.22. The lowest BCUT2D eigenvalue weighted by Gasteiger charge is -2.21. The maximum atomic E-state index is 11.9. The molecule has 0 aliphatic carbocycles. The lowest BCUT2D eigenvalue weighted by Crippen LogP contribution is -2.28. The van der Waals surface area contributed by atoms with Gasteiger partial charge < -0.3 is 5.32 Å². The summed E-state index contributed by atoms with van der Waals surface area (Å²) in [6, 6.07) is 1.66. The SMILES string of the molecule is O=c1cc(C2CCNCC2)nc2cnccn12. The maximum absolute atomic E-state index is 11.9. The minimum Gasteiger partial charge on any atom is -0.317 e. The first-order valence-corrected chi connectivity index (χ1v) is 5.88. The molecule has 88 valence electrons. The van der Waals surface area contributed by atoms with Crippen LogP contribution in [0.15, 0.2) is 29.5 Å². The zero-order chi connectivity index (χ0) is 11.7. The Morgan fingerprint density at radius 3 is 3.00 bits per heavy atom. The Kier molecular flexibility index (Phi) is 2.60. The molecule has 3 rings (SSSR count). The molecule has 0 unspecified atom stereocenters. The van der Waals surface area contributed by atoms with Gasteiger partial charge in [-0.2, -0.15) is 0 Å². The summed E-state index contributed by atoms with van der Waals surface area (Å²) < 4.78 is 1.53. The van der Waals surface area contributed by atoms with Gasteiger partial charge in [0.2, 0.25) is 0 Å². The van der Waals surface area contributed by atoms with Crippen LogP contribution in [0.25, 0.3) is 5.65 Å². The van der Waals surface area contributed by atoms with Crippen LogP contribution in [0.3, 0.4) is 0 Å². The molecule has 2 aromatic rings. The average molecular weight is 230 g/mol. The van der Waals surface area contributed by atoms with Gasteiger partial charge in [0.1, 0.15) is 0 Å². The van der Waals surface area contributed by atoms with Gasteiger partial charge in [-0.15, -0.1) is 0 Å². The van der Waals surface area contributed by atoms with Crippen molar-refractivity contribution in [2.24, 2.45) is 0 Å². The van der Waals surface area contributed by atoms with Crippen LogP contribution in [-0.2, 0) is 0 Å². The van der Waals surface area contributed by atoms with E-state index in [2.05, 4.69) is 15.3 Å². The Labute approximate surface area is 98.5 Å². The van der Waals surface area contributed by atoms with Crippen molar-refractivity contribution < 1.29 is 0 Å². The molecule has 1 aliphatic rings. The molecule has 0 spiro atoms. The van der Waals surface area contributed by atoms with Crippen molar-refractivity contribution in [1.29, 1.82) is 0 Å². The van der Waals surface area contributed by atoms with Crippen molar-refractivity contribution in [3.8, 4) is 0 Å². The molecule has 2 aromatic heterocycles. The predicted octanol–water partition coefficient (Wildman–Crippen LogP) is 0.557. The predicted molar refractivity (Wildman–Crippen MR) is 64.1 cm³/mol. The van der Waals surface area contributed by atoms with Crippen molar-refractivity contribution in [3.05, 3.63) is 40.7 Å². The number of fused-ring (bicyclic) bond motifs is 1. The molecule has 1 aliphatic heterocycles. The summed E-state index contributed by atoms with van der Waals surface area (Å²) in [6.07, 6.45) is 6.97. The highest BCUT2D eigenvalue weighted by atomic mass is 16.1. The number of rotatable bonds is 1. The zero-order valence-electron chi connectivity index (χ0n) is 9.47. The van der Waals surface area contributed by atoms with Crippen LogP contribution in [-0.4, -0.2) is 27.5 Å². The Morgan fingerprint density at radius 1 is 1.35 bits per heavy atom. The summed E-state index contributed by atoms with van der Waals surface area (Å²) in [7, 11) is 0. The van der Waals surface area contributed by atoms with Crippen LogP contribution in [0.4, 0.5) is 0 Å². The molecule has 5 nitrogen and oxygen atoms in total. The zero-order valence-corrected chi connectivity index (χ0v) is 9.47. The van der Waals surface area contributed by atoms with Crippen LogP contribution in [0.5, 0.6) is 0 Å². The van der Waals surface area contributed by atoms with Crippen LogP contribution in [0.2, 0.25) is 0 Å². The van der Waals surface area contributed by atoms with Crippen molar-refractivity contribution in [2.45, 2.75) is 18.8 Å². The third-order valence-electron chi connectivity index (χ3n) is 3.25. The van der Waals surface area contributed by atoms with Gasteiger partial charge in [-0.25, -0.2) is 4.98 Å². The van der Waals surface area contributed by atoms with Gasteiger partial charge in [0, 0.05) is 24.4 Å². The van der Waals surface area contributed by atoms with Crippen molar-refractivity contribution >= 4 is 5.65 Å². The molecular weight excluding hydrogens is 216 g/mol. The van der Waals surface area contributed by atoms with E-state index < -0.39 is 0 Å². The molecule has 0 saturated carbocycles. The van der Waals surface area contributed by atoms with Gasteiger partial charge in [0.05, 0.1) is 11.9 Å². The van der Waals surface area contributed by atoms with E-state index in [4.69, 9.17) is 0 Å². The number of nitrogens with zero attached hydrogens (tertiary/aromatic N) is 3. The van der Waals surface area contributed by atoms with Crippen LogP contribution in [0.1, 0.15) is 24.5 Å². The molecule has 1 N–H and O–H groups in total. The number of hydrogen-bond acceptors (Lipinski definition) is 4. The smallest absolute Gasteiger partial charge is 0.258 e. The highest BCUT2D eigenvalue weighted by Gasteiger charge is 2.17. The topological polar surface area (TPSA) is 59.3 Å². The molecule has 1 saturated heterocycles. The minimum atomic E-state index is -0.0223. The number of aromatic nitrogens is 3. The fourth-order valence-electron chi connectivity index (χ4n) is 2.31. The standard InChI is InChI=1S/C12H14N4O/c17-12-7-10(9-1-3-13-4-2-9)15-11-8-14-5-6-16(11)12/h5-9,13H,1-4H2. The molecule has 17 heavy (non-hydrogen) atoms. The van der Waals surface area contributed by atoms with E-state index in [1.807, 2.05) is 0 Å². The first kappa shape index (κ1) is 10.4. The lowest BCUT2D eigenvalue weighted by atomic mass is 9.94. The summed E-state index contributed by atoms with van der Waals surface area (Å²) in [6.45, 7) is 2.00. The van der Waals surface area contributed by atoms with Crippen LogP contribution >= 0.6 is 0 Å². The number of nitrogens with one attached hydrogen (secondary N) is 1. The third kappa shape index (κ3) is 1.93. The average Bonchev–Trinajstić information content (AvgIpc) is 2.40. The number of hydrogen-bond donors (Lipinski definition) is 1. The fraction of sp³-hybridized carbons (Fsp3) is 0.417. The Hall–Kier alpha value is -1.75. The van der Waals surface area contributed by atoms with Gasteiger partial charge in [-0.3, -0.25) is 14.2 Å². The molecule has 0 bridgehead atoms. The van der Waals surface area contributed by atoms with E-state index in [0.717, 1.165) is 31.6 Å². The summed E-state index contributed by atoms with van der Waals surface area (Å²) in [5.41, 5.74) is 1.52. The summed E-state index contributed by atoms with van der Waals surface area (Å²) >= 11 is 0. The molecule has 0 radical (unpaired) electrons. The molecule has 0 atom stereocenters. The van der Waals surface area contributed by atoms with E-state index in [-0.39, 0.29) is 5.56 Å². The second-order valence-electron chi connectivity index (χ2n) is 4.35. The third-order valence-corrected chi connectivity index (χ3v) is 3.25. The van der Waals surface area contributed by atoms with Crippen molar-refractivity contribution in [1.82, 2.24) is 19.7 Å². The maximum Gasteiger partial charge on any atom is 0.258 e. The fourth-order valence-corrected chi connectivity index (χ4v) is 2.31. The molecular formula is C12H14N4O. The lowest BCUT2D eigenvalue weighted by molar-refractivity contribution is 0.453. The summed E-state index contributed by atoms with van der Waals surface area (Å²) in [4.78, 5) is 20.5. The van der Waals surface area contributed by atoms with E-state index >= 15 is 0 Å². The largest absolute Gasteiger partial charge is 0.317 e. The molecule has 0 aromatic carbocycles. The second kappa shape index (κ2) is 4.25. The van der Waals surface area contributed by atoms with Crippen molar-refractivity contribution in [3.63, 3.8) is 0 Å². The molecule has 1 fully saturated rings. The molecule has 3 heterocycles. The Balaban J connectivity index is 2.08. The van der Waals surface area contributed by atoms with E-state index in [1.54, 1.807) is 24.7 Å². The summed E-state index contributed by atoms with van der Waals surface area (Å²) in [5, 5.41) is 3.31. The second-order valence-corrected chi connectivity index (χ2v) is 4.35. The van der Waals surface area contributed by atoms with Crippen molar-refractivity contribution in [2.75, 3.05) is 13.1 Å². The van der Waals surface area contributed by atoms with Crippen LogP contribution in [0, 0.1) is 0 Å². The minimum absolute atomic E-state index is 0.0223. The quantitative estimate of drug-likeness (QED) is 0.777. The molecule has 5 heteroatoms. The van der Waals surface area contributed by atoms with Gasteiger partial charge in [-0.1, -0.05) is 0 Å². The van der Waals surface area contributed by atoms with Gasteiger partial charge >= 0.3 is 0 Å². The summed E-state index contributed by atoms with van der Waals surface area (Å²) in [5.74, 6) is 0.397. The normalized spacial score (nSPS) is 17.4. The highest BCUT2D eigenvalue weighted by molar-refractivity contribution is 5.35. The Bertz CT molecular complexity index is 586. The van der Waals surface area contributed by atoms with Gasteiger partial charge in [-0.05, 0) is 25.9 Å². The van der Waals surface area contributed by atoms with E-state index in [1.165, 1.54) is 4.40 Å². The first-order valence-electron chi connectivity index (χ1n) is 5.88. The van der Waals surface area contributed by atoms with E-state index in [0.29, 0.717) is 11.6 Å². The van der Waals surface area contributed by atoms with Gasteiger partial charge in [0.25, 0.3) is 5.56 Å². The van der Waals surface area contributed by atoms with Gasteiger partial charge in [0.15, 0.2) is 5.65 Å².